The molecule has 1 atom stereocenters. The van der Waals surface area contributed by atoms with Crippen LogP contribution in [0.2, 0.25) is 0 Å². The molecular formula is C23H33N4O2+. The van der Waals surface area contributed by atoms with Crippen molar-refractivity contribution < 1.29 is 14.4 Å². The van der Waals surface area contributed by atoms with Crippen LogP contribution >= 0.6 is 0 Å². The number of nitrogens with zero attached hydrogens (tertiary/aromatic N) is 2. The third kappa shape index (κ3) is 6.31. The molecule has 0 fully saturated rings. The molecule has 1 amide bonds. The Morgan fingerprint density at radius 1 is 1.34 bits per heavy atom. The highest BCUT2D eigenvalue weighted by Crippen LogP contribution is 2.24. The van der Waals surface area contributed by atoms with Gasteiger partial charge in [-0.3, -0.25) is 14.6 Å². The zero-order valence-corrected chi connectivity index (χ0v) is 18.4. The normalized spacial score (nSPS) is 19.9. The summed E-state index contributed by atoms with van der Waals surface area (Å²) in [4.78, 5) is 22.2. The van der Waals surface area contributed by atoms with E-state index in [1.165, 1.54) is 5.56 Å². The number of rotatable bonds is 7. The largest absolute Gasteiger partial charge is 0.329 e. The van der Waals surface area contributed by atoms with Gasteiger partial charge in [0, 0.05) is 37.9 Å². The summed E-state index contributed by atoms with van der Waals surface area (Å²) in [5.41, 5.74) is 2.47. The first-order chi connectivity index (χ1) is 13.5. The summed E-state index contributed by atoms with van der Waals surface area (Å²) in [5, 5.41) is 6.26. The number of carbonyl (C=O) groups excluding carboxylic acids is 1. The van der Waals surface area contributed by atoms with E-state index in [4.69, 9.17) is 4.84 Å². The minimum Gasteiger partial charge on any atom is -0.329 e. The van der Waals surface area contributed by atoms with Crippen LogP contribution in [0.3, 0.4) is 0 Å². The van der Waals surface area contributed by atoms with Gasteiger partial charge in [-0.05, 0) is 30.0 Å². The lowest BCUT2D eigenvalue weighted by Gasteiger charge is -2.19. The highest BCUT2D eigenvalue weighted by atomic mass is 16.7. The van der Waals surface area contributed by atoms with Crippen LogP contribution in [0.5, 0.6) is 0 Å². The molecule has 6 heteroatoms. The molecule has 156 valence electrons. The number of benzene rings is 1. The molecule has 0 saturated carbocycles. The van der Waals surface area contributed by atoms with Crippen molar-refractivity contribution in [3.8, 4) is 0 Å². The van der Waals surface area contributed by atoms with Gasteiger partial charge in [-0.1, -0.05) is 50.3 Å². The maximum atomic E-state index is 12.2. The Hall–Kier alpha value is -2.89. The van der Waals surface area contributed by atoms with Crippen LogP contribution in [0.4, 0.5) is 0 Å². The van der Waals surface area contributed by atoms with E-state index in [-0.39, 0.29) is 11.3 Å². The Bertz CT molecular complexity index is 845. The van der Waals surface area contributed by atoms with Gasteiger partial charge in [-0.2, -0.15) is 0 Å². The Morgan fingerprint density at radius 2 is 2.00 bits per heavy atom. The number of hydrogen-bond donors (Lipinski definition) is 2. The summed E-state index contributed by atoms with van der Waals surface area (Å²) in [7, 11) is 1.87. The van der Waals surface area contributed by atoms with Crippen molar-refractivity contribution in [3.63, 3.8) is 0 Å². The molecule has 0 aliphatic carbocycles. The molecule has 6 nitrogen and oxygen atoms in total. The van der Waals surface area contributed by atoms with Gasteiger partial charge >= 0.3 is 5.84 Å². The van der Waals surface area contributed by atoms with Gasteiger partial charge in [0.15, 0.2) is 0 Å². The van der Waals surface area contributed by atoms with Crippen LogP contribution in [-0.4, -0.2) is 35.5 Å². The summed E-state index contributed by atoms with van der Waals surface area (Å²) in [5.74, 6) is 0.813. The Balaban J connectivity index is 1.96. The van der Waals surface area contributed by atoms with Crippen molar-refractivity contribution in [2.75, 3.05) is 7.05 Å². The van der Waals surface area contributed by atoms with Crippen LogP contribution in [0.15, 0.2) is 53.8 Å². The molecule has 1 aromatic rings. The summed E-state index contributed by atoms with van der Waals surface area (Å²) < 4.78 is 1.74. The van der Waals surface area contributed by atoms with Crippen molar-refractivity contribution in [2.24, 2.45) is 4.99 Å². The van der Waals surface area contributed by atoms with Gasteiger partial charge in [0.1, 0.15) is 7.05 Å². The second-order valence-corrected chi connectivity index (χ2v) is 8.51. The fourth-order valence-corrected chi connectivity index (χ4v) is 3.07. The maximum absolute atomic E-state index is 12.2. The van der Waals surface area contributed by atoms with Gasteiger partial charge in [0.25, 0.3) is 5.72 Å². The standard InChI is InChI=1S/C23H32N4O2/c1-8-15-24-16-17(2)25-20(28)13-14-23(6)26-21(27(7)29-23)18-9-11-19(12-10-18)22(3,4)5/h8-12,15-16H,1,13-14H2,2-7H3,(H,25,28)/p+1. The average Bonchev–Trinajstić information content (AvgIpc) is 2.95. The Morgan fingerprint density at radius 3 is 2.59 bits per heavy atom. The zero-order chi connectivity index (χ0) is 21.7. The van der Waals surface area contributed by atoms with Gasteiger partial charge < -0.3 is 5.32 Å². The van der Waals surface area contributed by atoms with E-state index in [1.807, 2.05) is 14.0 Å². The summed E-state index contributed by atoms with van der Waals surface area (Å²) in [6.07, 6.45) is 5.58. The van der Waals surface area contributed by atoms with Crippen LogP contribution in [-0.2, 0) is 15.0 Å². The van der Waals surface area contributed by atoms with Crippen LogP contribution < -0.4 is 10.6 Å². The summed E-state index contributed by atoms with van der Waals surface area (Å²) in [6.45, 7) is 13.9. The number of hydroxylamine groups is 1. The summed E-state index contributed by atoms with van der Waals surface area (Å²) >= 11 is 0. The lowest BCUT2D eigenvalue weighted by molar-refractivity contribution is -0.778. The van der Waals surface area contributed by atoms with E-state index in [0.717, 1.165) is 11.4 Å². The number of amidine groups is 1. The number of allylic oxidation sites excluding steroid dienone is 2. The van der Waals surface area contributed by atoms with E-state index >= 15 is 0 Å². The fraction of sp³-hybridized carbons (Fsp3) is 0.435. The Labute approximate surface area is 174 Å². The number of aliphatic imine (C=N–C) groups is 1. The molecule has 0 aromatic heterocycles. The zero-order valence-electron chi connectivity index (χ0n) is 18.4. The SMILES string of the molecule is C=CC=NC=C(C)NC(=O)CCC1(C)NC(c2ccc(C(C)(C)C)cc2)=[N+](C)O1. The molecule has 1 aliphatic heterocycles. The molecule has 0 radical (unpaired) electrons. The van der Waals surface area contributed by atoms with E-state index in [2.05, 4.69) is 67.2 Å². The second kappa shape index (κ2) is 9.07. The molecular weight excluding hydrogens is 364 g/mol. The Kier molecular flexibility index (Phi) is 7.01. The minimum absolute atomic E-state index is 0.0789. The van der Waals surface area contributed by atoms with Gasteiger partial charge in [-0.15, -0.1) is 0 Å². The van der Waals surface area contributed by atoms with Gasteiger partial charge in [0.2, 0.25) is 5.91 Å². The quantitative estimate of drug-likeness (QED) is 0.545. The highest BCUT2D eigenvalue weighted by molar-refractivity contribution is 5.95. The smallest absolute Gasteiger partial charge is 0.319 e. The molecule has 0 bridgehead atoms. The minimum atomic E-state index is -0.650. The van der Waals surface area contributed by atoms with Gasteiger partial charge in [0.05, 0.1) is 5.56 Å². The summed E-state index contributed by atoms with van der Waals surface area (Å²) in [6, 6.07) is 8.48. The molecule has 0 spiro atoms. The van der Waals surface area contributed by atoms with Crippen LogP contribution in [0, 0.1) is 0 Å². The predicted octanol–water partition coefficient (Wildman–Crippen LogP) is 3.64. The maximum Gasteiger partial charge on any atom is 0.319 e. The van der Waals surface area contributed by atoms with E-state index in [9.17, 15) is 4.79 Å². The van der Waals surface area contributed by atoms with E-state index in [1.54, 1.807) is 30.2 Å². The van der Waals surface area contributed by atoms with Crippen molar-refractivity contribution in [1.29, 1.82) is 0 Å². The molecule has 2 rings (SSSR count). The number of carbonyl (C=O) groups is 1. The molecule has 1 aliphatic rings. The molecule has 1 unspecified atom stereocenters. The third-order valence-corrected chi connectivity index (χ3v) is 4.69. The van der Waals surface area contributed by atoms with Crippen molar-refractivity contribution in [2.45, 2.75) is 58.6 Å². The lowest BCUT2D eigenvalue weighted by Crippen LogP contribution is -2.43. The third-order valence-electron chi connectivity index (χ3n) is 4.69. The van der Waals surface area contributed by atoms with Crippen LogP contribution in [0.25, 0.3) is 0 Å². The molecule has 0 saturated heterocycles. The first-order valence-corrected chi connectivity index (χ1v) is 9.84. The first-order valence-electron chi connectivity index (χ1n) is 9.84. The number of hydrogen-bond acceptors (Lipinski definition) is 4. The van der Waals surface area contributed by atoms with Crippen molar-refractivity contribution in [3.05, 3.63) is 59.9 Å². The van der Waals surface area contributed by atoms with Crippen molar-refractivity contribution >= 4 is 18.0 Å². The van der Waals surface area contributed by atoms with Crippen molar-refractivity contribution in [1.82, 2.24) is 10.6 Å². The fourth-order valence-electron chi connectivity index (χ4n) is 3.07. The predicted molar refractivity (Wildman–Crippen MR) is 118 cm³/mol. The molecule has 1 aromatic carbocycles. The lowest BCUT2D eigenvalue weighted by atomic mass is 9.86. The van der Waals surface area contributed by atoms with Gasteiger partial charge in [-0.25, -0.2) is 5.32 Å². The number of amides is 1. The van der Waals surface area contributed by atoms with E-state index in [0.29, 0.717) is 18.5 Å². The topological polar surface area (TPSA) is 65.7 Å². The number of nitrogens with one attached hydrogen (secondary N) is 2. The van der Waals surface area contributed by atoms with Crippen LogP contribution in [0.1, 0.15) is 58.6 Å². The molecule has 2 N–H and O–H groups in total. The average molecular weight is 398 g/mol. The highest BCUT2D eigenvalue weighted by Gasteiger charge is 2.43. The first kappa shape index (κ1) is 22.4. The molecule has 1 heterocycles. The second-order valence-electron chi connectivity index (χ2n) is 8.51. The molecule has 29 heavy (non-hydrogen) atoms. The monoisotopic (exact) mass is 397 g/mol. The van der Waals surface area contributed by atoms with E-state index < -0.39 is 5.72 Å².